The number of piperazine rings is 1. The van der Waals surface area contributed by atoms with Crippen molar-refractivity contribution in [3.8, 4) is 0 Å². The second-order valence-electron chi connectivity index (χ2n) is 11.5. The molecule has 10 heteroatoms. The molecule has 0 bridgehead atoms. The maximum absolute atomic E-state index is 13.4. The molecule has 6 rings (SSSR count). The molecule has 3 heterocycles. The van der Waals surface area contributed by atoms with E-state index in [0.29, 0.717) is 77.4 Å². The quantitative estimate of drug-likeness (QED) is 0.305. The predicted molar refractivity (Wildman–Crippen MR) is 168 cm³/mol. The van der Waals surface area contributed by atoms with Crippen LogP contribution in [0.3, 0.4) is 0 Å². The lowest BCUT2D eigenvalue weighted by molar-refractivity contribution is -0.139. The molecule has 0 saturated carbocycles. The van der Waals surface area contributed by atoms with Crippen molar-refractivity contribution in [2.75, 3.05) is 51.0 Å². The van der Waals surface area contributed by atoms with E-state index in [4.69, 9.17) is 4.74 Å². The lowest BCUT2D eigenvalue weighted by Crippen LogP contribution is -2.67. The van der Waals surface area contributed by atoms with Crippen LogP contribution in [0, 0.1) is 6.92 Å². The molecule has 0 radical (unpaired) electrons. The number of amides is 3. The number of aryl methyl sites for hydroxylation is 1. The first kappa shape index (κ1) is 29.1. The predicted octanol–water partition coefficient (Wildman–Crippen LogP) is 3.75. The van der Waals surface area contributed by atoms with E-state index >= 15 is 0 Å². The minimum atomic E-state index is -0.547. The molecule has 44 heavy (non-hydrogen) atoms. The average Bonchev–Trinajstić information content (AvgIpc) is 3.36. The van der Waals surface area contributed by atoms with E-state index in [9.17, 15) is 19.2 Å². The topological polar surface area (TPSA) is 120 Å². The Morgan fingerprint density at radius 3 is 2.30 bits per heavy atom. The summed E-state index contributed by atoms with van der Waals surface area (Å²) in [4.78, 5) is 55.7. The van der Waals surface area contributed by atoms with Crippen LogP contribution in [0.1, 0.15) is 50.2 Å². The molecule has 0 unspecified atom stereocenters. The molecule has 3 aromatic carbocycles. The number of likely N-dealkylation sites (N-methyl/N-ethyl adjacent to an activating group) is 1. The van der Waals surface area contributed by atoms with Crippen molar-refractivity contribution < 1.29 is 23.9 Å². The van der Waals surface area contributed by atoms with Crippen molar-refractivity contribution in [1.82, 2.24) is 15.1 Å². The fraction of sp³-hybridized carbons (Fsp3) is 0.294. The summed E-state index contributed by atoms with van der Waals surface area (Å²) in [5, 5.41) is 9.30. The van der Waals surface area contributed by atoms with E-state index in [1.807, 2.05) is 67.4 Å². The number of rotatable bonds is 5. The molecular formula is C34H35N5O5. The zero-order chi connectivity index (χ0) is 31.0. The monoisotopic (exact) mass is 593 g/mol. The van der Waals surface area contributed by atoms with Gasteiger partial charge in [-0.3, -0.25) is 19.3 Å². The fourth-order valence-corrected chi connectivity index (χ4v) is 6.39. The first-order valence-corrected chi connectivity index (χ1v) is 14.7. The van der Waals surface area contributed by atoms with Gasteiger partial charge < -0.3 is 25.6 Å². The fourth-order valence-electron chi connectivity index (χ4n) is 6.39. The number of nitrogens with one attached hydrogen (secondary N) is 3. The number of carbonyl (C=O) groups is 4. The number of benzene rings is 3. The molecule has 3 aliphatic rings. The van der Waals surface area contributed by atoms with Gasteiger partial charge in [0.15, 0.2) is 0 Å². The third kappa shape index (κ3) is 5.11. The number of hydrogen-bond donors (Lipinski definition) is 3. The maximum Gasteiger partial charge on any atom is 0.338 e. The first-order valence-electron chi connectivity index (χ1n) is 14.7. The SMILES string of the molecule is COC(=O)c1cc2c(cc1C)/C(=C(/Nc1ccc(C(=O)N3CCC4(CC3)C(=O)NCCN4C)cc1)c1ccccc1)C(=O)N2. The van der Waals surface area contributed by atoms with E-state index in [1.165, 1.54) is 7.11 Å². The van der Waals surface area contributed by atoms with Crippen molar-refractivity contribution >= 4 is 46.3 Å². The highest BCUT2D eigenvalue weighted by Crippen LogP contribution is 2.39. The summed E-state index contributed by atoms with van der Waals surface area (Å²) in [6, 6.07) is 20.2. The van der Waals surface area contributed by atoms with Crippen LogP contribution in [-0.4, -0.2) is 79.4 Å². The summed E-state index contributed by atoms with van der Waals surface area (Å²) >= 11 is 0. The number of nitrogens with zero attached hydrogens (tertiary/aromatic N) is 2. The summed E-state index contributed by atoms with van der Waals surface area (Å²) in [6.45, 7) is 4.27. The number of esters is 1. The Labute approximate surface area is 256 Å². The third-order valence-electron chi connectivity index (χ3n) is 8.99. The van der Waals surface area contributed by atoms with Gasteiger partial charge in [-0.1, -0.05) is 30.3 Å². The van der Waals surface area contributed by atoms with Crippen LogP contribution in [0.2, 0.25) is 0 Å². The second kappa shape index (κ2) is 11.6. The Kier molecular flexibility index (Phi) is 7.69. The van der Waals surface area contributed by atoms with Crippen molar-refractivity contribution in [3.05, 3.63) is 94.5 Å². The van der Waals surface area contributed by atoms with Crippen molar-refractivity contribution in [2.24, 2.45) is 0 Å². The molecular weight excluding hydrogens is 558 g/mol. The van der Waals surface area contributed by atoms with Crippen LogP contribution < -0.4 is 16.0 Å². The molecule has 2 saturated heterocycles. The highest BCUT2D eigenvalue weighted by Gasteiger charge is 2.47. The minimum absolute atomic E-state index is 0.0507. The molecule has 0 aromatic heterocycles. The molecule has 2 fully saturated rings. The van der Waals surface area contributed by atoms with Crippen molar-refractivity contribution in [1.29, 1.82) is 0 Å². The summed E-state index contributed by atoms with van der Waals surface area (Å²) in [6.07, 6.45) is 1.19. The standard InChI is InChI=1S/C34H35N5O5/c1-21-19-26-27(20-25(21)32(42)44-3)37-30(40)28(26)29(22-7-5-4-6-8-22)36-24-11-9-23(10-12-24)31(41)39-16-13-34(14-17-39)33(43)35-15-18-38(34)2/h4-12,19-20,36H,13-18H2,1-3H3,(H,35,43)(H,37,40)/b29-28-. The number of piperidine rings is 1. The van der Waals surface area contributed by atoms with Crippen LogP contribution in [0.4, 0.5) is 11.4 Å². The second-order valence-corrected chi connectivity index (χ2v) is 11.5. The van der Waals surface area contributed by atoms with E-state index in [2.05, 4.69) is 20.9 Å². The van der Waals surface area contributed by atoms with Gasteiger partial charge in [0, 0.05) is 43.0 Å². The van der Waals surface area contributed by atoms with E-state index in [1.54, 1.807) is 18.2 Å². The van der Waals surface area contributed by atoms with Crippen molar-refractivity contribution in [2.45, 2.75) is 25.3 Å². The molecule has 0 aliphatic carbocycles. The van der Waals surface area contributed by atoms with Gasteiger partial charge in [-0.05, 0) is 74.3 Å². The minimum Gasteiger partial charge on any atom is -0.465 e. The van der Waals surface area contributed by atoms with E-state index < -0.39 is 11.5 Å². The van der Waals surface area contributed by atoms with Gasteiger partial charge in [0.25, 0.3) is 11.8 Å². The molecule has 3 amide bonds. The molecule has 1 spiro atoms. The smallest absolute Gasteiger partial charge is 0.338 e. The third-order valence-corrected chi connectivity index (χ3v) is 8.99. The Hall–Kier alpha value is -4.96. The van der Waals surface area contributed by atoms with Gasteiger partial charge in [-0.15, -0.1) is 0 Å². The number of carbonyl (C=O) groups excluding carboxylic acids is 4. The number of hydrogen-bond acceptors (Lipinski definition) is 7. The molecule has 0 atom stereocenters. The van der Waals surface area contributed by atoms with Gasteiger partial charge in [0.2, 0.25) is 5.91 Å². The van der Waals surface area contributed by atoms with Gasteiger partial charge in [0.1, 0.15) is 5.54 Å². The molecule has 10 nitrogen and oxygen atoms in total. The van der Waals surface area contributed by atoms with Crippen LogP contribution >= 0.6 is 0 Å². The Morgan fingerprint density at radius 2 is 1.64 bits per heavy atom. The summed E-state index contributed by atoms with van der Waals surface area (Å²) in [7, 11) is 3.31. The van der Waals surface area contributed by atoms with Crippen LogP contribution in [0.25, 0.3) is 11.3 Å². The largest absolute Gasteiger partial charge is 0.465 e. The van der Waals surface area contributed by atoms with Gasteiger partial charge >= 0.3 is 5.97 Å². The van der Waals surface area contributed by atoms with Crippen LogP contribution in [0.15, 0.2) is 66.7 Å². The average molecular weight is 594 g/mol. The highest BCUT2D eigenvalue weighted by atomic mass is 16.5. The number of fused-ring (bicyclic) bond motifs is 1. The highest BCUT2D eigenvalue weighted by molar-refractivity contribution is 6.37. The van der Waals surface area contributed by atoms with Crippen LogP contribution in [0.5, 0.6) is 0 Å². The molecule has 3 aliphatic heterocycles. The summed E-state index contributed by atoms with van der Waals surface area (Å²) in [5.74, 6) is -0.786. The summed E-state index contributed by atoms with van der Waals surface area (Å²) < 4.78 is 4.91. The Balaban J connectivity index is 1.26. The van der Waals surface area contributed by atoms with E-state index in [0.717, 1.165) is 12.1 Å². The number of methoxy groups -OCH3 is 1. The molecule has 3 N–H and O–H groups in total. The molecule has 226 valence electrons. The first-order chi connectivity index (χ1) is 21.2. The summed E-state index contributed by atoms with van der Waals surface area (Å²) in [5.41, 5.74) is 4.86. The van der Waals surface area contributed by atoms with Gasteiger partial charge in [0.05, 0.1) is 29.6 Å². The lowest BCUT2D eigenvalue weighted by Gasteiger charge is -2.48. The Bertz CT molecular complexity index is 1670. The zero-order valence-corrected chi connectivity index (χ0v) is 25.0. The van der Waals surface area contributed by atoms with Crippen LogP contribution in [-0.2, 0) is 14.3 Å². The maximum atomic E-state index is 13.4. The number of anilines is 2. The van der Waals surface area contributed by atoms with Gasteiger partial charge in [-0.2, -0.15) is 0 Å². The Morgan fingerprint density at radius 1 is 0.932 bits per heavy atom. The normalized spacial score (nSPS) is 18.8. The number of likely N-dealkylation sites (tertiary alicyclic amines) is 1. The van der Waals surface area contributed by atoms with Crippen molar-refractivity contribution in [3.63, 3.8) is 0 Å². The number of ether oxygens (including phenoxy) is 1. The lowest BCUT2D eigenvalue weighted by atomic mass is 9.83. The zero-order valence-electron chi connectivity index (χ0n) is 25.0. The molecule has 3 aromatic rings. The van der Waals surface area contributed by atoms with E-state index in [-0.39, 0.29) is 17.7 Å². The van der Waals surface area contributed by atoms with Gasteiger partial charge in [-0.25, -0.2) is 4.79 Å².